The zero-order valence-electron chi connectivity index (χ0n) is 32.9. The van der Waals surface area contributed by atoms with Crippen LogP contribution in [0.1, 0.15) is 206 Å². The molecule has 0 amide bonds. The van der Waals surface area contributed by atoms with Crippen molar-refractivity contribution in [1.29, 1.82) is 0 Å². The number of aliphatic hydroxyl groups is 1. The molecule has 0 saturated heterocycles. The van der Waals surface area contributed by atoms with Gasteiger partial charge in [0.1, 0.15) is 6.61 Å². The van der Waals surface area contributed by atoms with E-state index < -0.39 is 6.10 Å². The van der Waals surface area contributed by atoms with Crippen molar-refractivity contribution in [1.82, 2.24) is 0 Å². The summed E-state index contributed by atoms with van der Waals surface area (Å²) in [5.74, 6) is -0.622. The lowest BCUT2D eigenvalue weighted by atomic mass is 10.0. The van der Waals surface area contributed by atoms with Crippen LogP contribution in [0, 0.1) is 0 Å². The van der Waals surface area contributed by atoms with Crippen molar-refractivity contribution >= 4 is 11.9 Å². The maximum atomic E-state index is 12.2. The van der Waals surface area contributed by atoms with E-state index in [0.29, 0.717) is 12.8 Å². The first kappa shape index (κ1) is 47.9. The highest BCUT2D eigenvalue weighted by Gasteiger charge is 2.16. The Morgan fingerprint density at radius 1 is 0.460 bits per heavy atom. The molecule has 0 saturated carbocycles. The summed E-state index contributed by atoms with van der Waals surface area (Å²) < 4.78 is 10.6. The van der Waals surface area contributed by atoms with E-state index in [2.05, 4.69) is 62.5 Å². The molecule has 0 aliphatic heterocycles. The normalized spacial score (nSPS) is 12.6. The second kappa shape index (κ2) is 41.3. The molecule has 0 aromatic carbocycles. The molecule has 0 unspecified atom stereocenters. The van der Waals surface area contributed by atoms with E-state index in [0.717, 1.165) is 64.2 Å². The lowest BCUT2D eigenvalue weighted by Gasteiger charge is -2.15. The number of hydrogen-bond donors (Lipinski definition) is 1. The van der Waals surface area contributed by atoms with Crippen LogP contribution in [0.25, 0.3) is 0 Å². The number of rotatable bonds is 38. The molecule has 0 bridgehead atoms. The van der Waals surface area contributed by atoms with E-state index in [-0.39, 0.29) is 25.2 Å². The fourth-order valence-corrected chi connectivity index (χ4v) is 5.89. The number of unbranched alkanes of at least 4 members (excludes halogenated alkanes) is 22. The highest BCUT2D eigenvalue weighted by molar-refractivity contribution is 5.70. The summed E-state index contributed by atoms with van der Waals surface area (Å²) in [5, 5.41) is 9.57. The first-order valence-electron chi connectivity index (χ1n) is 21.2. The van der Waals surface area contributed by atoms with Gasteiger partial charge in [0.2, 0.25) is 0 Å². The van der Waals surface area contributed by atoms with Crippen LogP contribution in [-0.4, -0.2) is 36.4 Å². The topological polar surface area (TPSA) is 72.8 Å². The molecule has 0 aromatic rings. The molecule has 5 heteroatoms. The number of carbonyl (C=O) groups excluding carboxylic acids is 2. The Hall–Kier alpha value is -2.14. The van der Waals surface area contributed by atoms with Gasteiger partial charge >= 0.3 is 11.9 Å². The molecule has 5 nitrogen and oxygen atoms in total. The minimum Gasteiger partial charge on any atom is -0.462 e. The van der Waals surface area contributed by atoms with Gasteiger partial charge in [0, 0.05) is 12.8 Å². The summed E-state index contributed by atoms with van der Waals surface area (Å²) in [4.78, 5) is 24.3. The van der Waals surface area contributed by atoms with Gasteiger partial charge in [-0.1, -0.05) is 184 Å². The number of esters is 2. The van der Waals surface area contributed by atoms with Crippen LogP contribution in [0.2, 0.25) is 0 Å². The predicted octanol–water partition coefficient (Wildman–Crippen LogP) is 13.4. The van der Waals surface area contributed by atoms with Crippen molar-refractivity contribution < 1.29 is 24.2 Å². The van der Waals surface area contributed by atoms with E-state index in [9.17, 15) is 14.7 Å². The molecule has 1 atom stereocenters. The van der Waals surface area contributed by atoms with Crippen LogP contribution in [0.5, 0.6) is 0 Å². The number of carbonyl (C=O) groups is 2. The fraction of sp³-hybridized carbons (Fsp3) is 0.778. The van der Waals surface area contributed by atoms with Gasteiger partial charge in [0.25, 0.3) is 0 Å². The first-order chi connectivity index (χ1) is 24.6. The molecular weight excluding hydrogens is 620 g/mol. The largest absolute Gasteiger partial charge is 0.462 e. The molecule has 50 heavy (non-hydrogen) atoms. The number of ether oxygens (including phenoxy) is 2. The van der Waals surface area contributed by atoms with Crippen molar-refractivity contribution in [3.05, 3.63) is 48.6 Å². The van der Waals surface area contributed by atoms with E-state index in [1.54, 1.807) is 0 Å². The SMILES string of the molecule is CCCCCC=CCC=CCC=CCC=CCCCCCC(=O)O[C@@H](CO)COC(=O)CCCCCCCCCCCCCCCCCCC. The maximum absolute atomic E-state index is 12.2. The molecule has 0 aliphatic rings. The Morgan fingerprint density at radius 2 is 0.800 bits per heavy atom. The van der Waals surface area contributed by atoms with Crippen LogP contribution in [-0.2, 0) is 19.1 Å². The third kappa shape index (κ3) is 38.7. The summed E-state index contributed by atoms with van der Waals surface area (Å²) in [6, 6.07) is 0. The maximum Gasteiger partial charge on any atom is 0.306 e. The lowest BCUT2D eigenvalue weighted by Crippen LogP contribution is -2.28. The third-order valence-corrected chi connectivity index (χ3v) is 9.13. The molecule has 0 rings (SSSR count). The van der Waals surface area contributed by atoms with Gasteiger partial charge in [0.05, 0.1) is 6.61 Å². The standard InChI is InChI=1S/C45H80O5/c1-3-5-7-9-11-13-15-17-19-21-22-24-26-28-30-32-34-36-38-40-45(48)50-43(41-46)42-49-44(47)39-37-35-33-31-29-27-25-23-20-18-16-14-12-10-8-6-4-2/h11,13,17,19,22,24,28,30,43,46H,3-10,12,14-16,18,20-21,23,25-27,29,31-42H2,1-2H3/t43-/m0/s1. The Bertz CT molecular complexity index is 842. The predicted molar refractivity (Wildman–Crippen MR) is 214 cm³/mol. The van der Waals surface area contributed by atoms with Crippen LogP contribution < -0.4 is 0 Å². The Labute approximate surface area is 309 Å². The molecular formula is C45H80O5. The van der Waals surface area contributed by atoms with Crippen LogP contribution in [0.15, 0.2) is 48.6 Å². The summed E-state index contributed by atoms with van der Waals surface area (Å²) in [6.45, 7) is 4.09. The van der Waals surface area contributed by atoms with Crippen molar-refractivity contribution in [3.8, 4) is 0 Å². The number of hydrogen-bond acceptors (Lipinski definition) is 5. The molecule has 0 aromatic heterocycles. The average Bonchev–Trinajstić information content (AvgIpc) is 3.12. The minimum atomic E-state index is -0.786. The van der Waals surface area contributed by atoms with Crippen molar-refractivity contribution in [3.63, 3.8) is 0 Å². The van der Waals surface area contributed by atoms with Gasteiger partial charge < -0.3 is 14.6 Å². The fourth-order valence-electron chi connectivity index (χ4n) is 5.89. The summed E-state index contributed by atoms with van der Waals surface area (Å²) in [6.07, 6.45) is 51.7. The van der Waals surface area contributed by atoms with Gasteiger partial charge in [-0.25, -0.2) is 0 Å². The summed E-state index contributed by atoms with van der Waals surface area (Å²) in [7, 11) is 0. The van der Waals surface area contributed by atoms with Gasteiger partial charge in [-0.3, -0.25) is 9.59 Å². The van der Waals surface area contributed by atoms with E-state index in [4.69, 9.17) is 9.47 Å². The molecule has 290 valence electrons. The average molecular weight is 701 g/mol. The van der Waals surface area contributed by atoms with Gasteiger partial charge in [0.15, 0.2) is 6.10 Å². The van der Waals surface area contributed by atoms with Crippen molar-refractivity contribution in [2.24, 2.45) is 0 Å². The Kier molecular flexibility index (Phi) is 39.5. The van der Waals surface area contributed by atoms with Crippen molar-refractivity contribution in [2.75, 3.05) is 13.2 Å². The zero-order valence-corrected chi connectivity index (χ0v) is 32.9. The Balaban J connectivity index is 3.60. The zero-order chi connectivity index (χ0) is 36.4. The highest BCUT2D eigenvalue weighted by atomic mass is 16.6. The minimum absolute atomic E-state index is 0.0773. The monoisotopic (exact) mass is 701 g/mol. The molecule has 0 radical (unpaired) electrons. The number of aliphatic hydroxyl groups excluding tert-OH is 1. The molecule has 1 N–H and O–H groups in total. The van der Waals surface area contributed by atoms with E-state index in [1.165, 1.54) is 116 Å². The first-order valence-corrected chi connectivity index (χ1v) is 21.2. The number of allylic oxidation sites excluding steroid dienone is 8. The van der Waals surface area contributed by atoms with Gasteiger partial charge in [-0.2, -0.15) is 0 Å². The van der Waals surface area contributed by atoms with E-state index >= 15 is 0 Å². The third-order valence-electron chi connectivity index (χ3n) is 9.13. The van der Waals surface area contributed by atoms with Gasteiger partial charge in [-0.15, -0.1) is 0 Å². The van der Waals surface area contributed by atoms with Crippen LogP contribution in [0.3, 0.4) is 0 Å². The second-order valence-electron chi connectivity index (χ2n) is 14.1. The second-order valence-corrected chi connectivity index (χ2v) is 14.1. The molecule has 0 spiro atoms. The van der Waals surface area contributed by atoms with Crippen LogP contribution >= 0.6 is 0 Å². The van der Waals surface area contributed by atoms with E-state index in [1.807, 2.05) is 0 Å². The molecule has 0 fully saturated rings. The Morgan fingerprint density at radius 3 is 1.24 bits per heavy atom. The smallest absolute Gasteiger partial charge is 0.306 e. The summed E-state index contributed by atoms with van der Waals surface area (Å²) in [5.41, 5.74) is 0. The van der Waals surface area contributed by atoms with Crippen LogP contribution in [0.4, 0.5) is 0 Å². The highest BCUT2D eigenvalue weighted by Crippen LogP contribution is 2.15. The quantitative estimate of drug-likeness (QED) is 0.0394. The van der Waals surface area contributed by atoms with Crippen molar-refractivity contribution in [2.45, 2.75) is 213 Å². The summed E-state index contributed by atoms with van der Waals surface area (Å²) >= 11 is 0. The molecule has 0 heterocycles. The molecule has 0 aliphatic carbocycles. The lowest BCUT2D eigenvalue weighted by molar-refractivity contribution is -0.161. The van der Waals surface area contributed by atoms with Gasteiger partial charge in [-0.05, 0) is 57.8 Å².